The van der Waals surface area contributed by atoms with Crippen molar-refractivity contribution in [3.63, 3.8) is 0 Å². The molecule has 2 aliphatic heterocycles. The van der Waals surface area contributed by atoms with E-state index in [1.807, 2.05) is 25.1 Å². The van der Waals surface area contributed by atoms with E-state index in [4.69, 9.17) is 16.0 Å². The molecule has 51 heavy (non-hydrogen) atoms. The second-order valence-corrected chi connectivity index (χ2v) is 16.6. The first kappa shape index (κ1) is 38.4. The van der Waals surface area contributed by atoms with E-state index < -0.39 is 20.6 Å². The molecule has 2 saturated heterocycles. The van der Waals surface area contributed by atoms with Gasteiger partial charge in [-0.3, -0.25) is 9.59 Å². The summed E-state index contributed by atoms with van der Waals surface area (Å²) in [6.07, 6.45) is 8.56. The minimum Gasteiger partial charge on any atom is -0.494 e. The molecule has 3 aliphatic rings. The molecule has 3 fully saturated rings. The van der Waals surface area contributed by atoms with Gasteiger partial charge >= 0.3 is 5.97 Å². The lowest BCUT2D eigenvalue weighted by Crippen LogP contribution is -2.56. The second kappa shape index (κ2) is 17.2. The van der Waals surface area contributed by atoms with Crippen molar-refractivity contribution in [3.05, 3.63) is 83.5 Å². The van der Waals surface area contributed by atoms with E-state index in [0.29, 0.717) is 18.9 Å². The first-order valence-corrected chi connectivity index (χ1v) is 19.5. The number of hydrogen-bond acceptors (Lipinski definition) is 8. The highest BCUT2D eigenvalue weighted by molar-refractivity contribution is 7.92. The van der Waals surface area contributed by atoms with Crippen LogP contribution < -0.4 is 4.74 Å². The molecule has 1 saturated carbocycles. The molecule has 276 valence electrons. The van der Waals surface area contributed by atoms with E-state index in [9.17, 15) is 22.4 Å². The van der Waals surface area contributed by atoms with Gasteiger partial charge in [-0.15, -0.1) is 0 Å². The monoisotopic (exact) mass is 722 g/mol. The summed E-state index contributed by atoms with van der Waals surface area (Å²) < 4.78 is 51.8. The van der Waals surface area contributed by atoms with Crippen LogP contribution in [0, 0.1) is 30.1 Å². The van der Waals surface area contributed by atoms with Gasteiger partial charge in [-0.05, 0) is 102 Å². The molecule has 0 aromatic heterocycles. The number of hydrogen-bond donors (Lipinski definition) is 0. The van der Waals surface area contributed by atoms with Crippen LogP contribution in [0.4, 0.5) is 4.39 Å². The summed E-state index contributed by atoms with van der Waals surface area (Å²) in [5.41, 5.74) is -0.177. The minimum absolute atomic E-state index is 0.0269. The Kier molecular flexibility index (Phi) is 12.9. The average molecular weight is 723 g/mol. The van der Waals surface area contributed by atoms with E-state index in [1.54, 1.807) is 41.3 Å². The smallest absolute Gasteiger partial charge is 0.305 e. The quantitative estimate of drug-likeness (QED) is 0.107. The van der Waals surface area contributed by atoms with Crippen LogP contribution in [0.2, 0.25) is 0 Å². The highest BCUT2D eigenvalue weighted by Gasteiger charge is 2.57. The Labute approximate surface area is 302 Å². The SMILES string of the molecule is [C-]#[N+][C@@](c1cccc(F)c1)(C1CCN(CCCOc2ccc(S(=O)(=O)C3CN(C(=O)/C=C/CN(C)C)C3)cc2)CC1)[C@H]1CCC[C@@H]1CC(=O)OC. The van der Waals surface area contributed by atoms with Crippen LogP contribution >= 0.6 is 0 Å². The maximum atomic E-state index is 14.6. The topological polar surface area (TPSA) is 101 Å². The molecule has 1 amide bonds. The van der Waals surface area contributed by atoms with Gasteiger partial charge < -0.3 is 29.0 Å². The molecule has 1 aliphatic carbocycles. The number of likely N-dealkylation sites (tertiary alicyclic amines) is 2. The van der Waals surface area contributed by atoms with Crippen molar-refractivity contribution < 1.29 is 31.9 Å². The lowest BCUT2D eigenvalue weighted by molar-refractivity contribution is -0.142. The van der Waals surface area contributed by atoms with E-state index >= 15 is 0 Å². The van der Waals surface area contributed by atoms with Crippen LogP contribution in [-0.2, 0) is 29.7 Å². The molecule has 2 aromatic rings. The van der Waals surface area contributed by atoms with Crippen LogP contribution in [0.3, 0.4) is 0 Å². The fourth-order valence-corrected chi connectivity index (χ4v) is 9.82. The summed E-state index contributed by atoms with van der Waals surface area (Å²) in [5, 5.41) is -0.618. The average Bonchev–Trinajstić information content (AvgIpc) is 3.55. The van der Waals surface area contributed by atoms with Crippen LogP contribution in [0.1, 0.15) is 50.5 Å². The number of carbonyl (C=O) groups excluding carboxylic acids is 2. The Morgan fingerprint density at radius 1 is 1.08 bits per heavy atom. The first-order valence-electron chi connectivity index (χ1n) is 18.0. The van der Waals surface area contributed by atoms with E-state index in [1.165, 1.54) is 25.3 Å². The zero-order valence-corrected chi connectivity index (χ0v) is 30.8. The molecular formula is C39H51FN4O6S. The van der Waals surface area contributed by atoms with Gasteiger partial charge in [0.25, 0.3) is 5.54 Å². The molecule has 12 heteroatoms. The number of ether oxygens (including phenoxy) is 2. The highest BCUT2D eigenvalue weighted by atomic mass is 32.2. The molecule has 2 aromatic carbocycles. The number of piperidine rings is 1. The number of nitrogens with zero attached hydrogens (tertiary/aromatic N) is 4. The molecule has 0 unspecified atom stereocenters. The fraction of sp³-hybridized carbons (Fsp3) is 0.564. The van der Waals surface area contributed by atoms with Crippen molar-refractivity contribution in [1.82, 2.24) is 14.7 Å². The van der Waals surface area contributed by atoms with Gasteiger partial charge in [-0.25, -0.2) is 19.4 Å². The Morgan fingerprint density at radius 2 is 1.80 bits per heavy atom. The maximum absolute atomic E-state index is 14.6. The Balaban J connectivity index is 1.11. The van der Waals surface area contributed by atoms with Crippen molar-refractivity contribution in [1.29, 1.82) is 0 Å². The third-order valence-corrected chi connectivity index (χ3v) is 13.0. The highest BCUT2D eigenvalue weighted by Crippen LogP contribution is 2.54. The third kappa shape index (κ3) is 8.99. The maximum Gasteiger partial charge on any atom is 0.305 e. The zero-order valence-electron chi connectivity index (χ0n) is 30.0. The number of amides is 1. The Hall–Kier alpha value is -3.79. The summed E-state index contributed by atoms with van der Waals surface area (Å²) in [4.78, 5) is 35.0. The lowest BCUT2D eigenvalue weighted by Gasteiger charge is -2.42. The van der Waals surface area contributed by atoms with Crippen LogP contribution in [0.5, 0.6) is 5.75 Å². The van der Waals surface area contributed by atoms with Crippen molar-refractivity contribution in [2.24, 2.45) is 17.8 Å². The van der Waals surface area contributed by atoms with Crippen molar-refractivity contribution in [3.8, 4) is 5.75 Å². The number of benzene rings is 2. The van der Waals surface area contributed by atoms with Crippen LogP contribution in [0.25, 0.3) is 4.85 Å². The summed E-state index contributed by atoms with van der Waals surface area (Å²) in [6.45, 7) is 12.5. The van der Waals surface area contributed by atoms with Gasteiger partial charge in [0.15, 0.2) is 9.84 Å². The fourth-order valence-electron chi connectivity index (χ4n) is 8.16. The number of rotatable bonds is 15. The largest absolute Gasteiger partial charge is 0.494 e. The first-order chi connectivity index (χ1) is 24.5. The van der Waals surface area contributed by atoms with Crippen molar-refractivity contribution >= 4 is 21.7 Å². The van der Waals surface area contributed by atoms with Crippen LogP contribution in [-0.4, -0.2) is 107 Å². The van der Waals surface area contributed by atoms with Gasteiger partial charge in [0.05, 0.1) is 18.6 Å². The summed E-state index contributed by atoms with van der Waals surface area (Å²) in [6, 6.07) is 13.0. The Bertz CT molecular complexity index is 1680. The molecular weight excluding hydrogens is 672 g/mol. The number of esters is 1. The van der Waals surface area contributed by atoms with Gasteiger partial charge in [0.2, 0.25) is 5.91 Å². The molecule has 3 atom stereocenters. The molecule has 0 bridgehead atoms. The lowest BCUT2D eigenvalue weighted by atomic mass is 9.63. The predicted molar refractivity (Wildman–Crippen MR) is 193 cm³/mol. The number of methoxy groups -OCH3 is 1. The molecule has 10 nitrogen and oxygen atoms in total. The molecule has 0 spiro atoms. The molecule has 0 N–H and O–H groups in total. The summed E-state index contributed by atoms with van der Waals surface area (Å²) >= 11 is 0. The van der Waals surface area contributed by atoms with Crippen molar-refractivity contribution in [2.75, 3.05) is 67.1 Å². The van der Waals surface area contributed by atoms with Crippen LogP contribution in [0.15, 0.2) is 65.6 Å². The van der Waals surface area contributed by atoms with Gasteiger partial charge in [-0.1, -0.05) is 24.6 Å². The zero-order chi connectivity index (χ0) is 36.6. The van der Waals surface area contributed by atoms with Gasteiger partial charge in [0, 0.05) is 56.1 Å². The third-order valence-electron chi connectivity index (χ3n) is 10.9. The van der Waals surface area contributed by atoms with Gasteiger partial charge in [0.1, 0.15) is 16.8 Å². The van der Waals surface area contributed by atoms with E-state index in [2.05, 4.69) is 9.74 Å². The van der Waals surface area contributed by atoms with E-state index in [0.717, 1.165) is 63.7 Å². The normalized spacial score (nSPS) is 21.7. The number of likely N-dealkylation sites (N-methyl/N-ethyl adjacent to an activating group) is 1. The summed E-state index contributed by atoms with van der Waals surface area (Å²) in [5.74, 6) is -0.170. The molecule has 5 rings (SSSR count). The number of carbonyl (C=O) groups is 2. The minimum atomic E-state index is -3.56. The van der Waals surface area contributed by atoms with Gasteiger partial charge in [-0.2, -0.15) is 0 Å². The molecule has 0 radical (unpaired) electrons. The Morgan fingerprint density at radius 3 is 2.45 bits per heavy atom. The van der Waals surface area contributed by atoms with E-state index in [-0.39, 0.29) is 59.9 Å². The number of sulfone groups is 1. The molecule has 2 heterocycles. The van der Waals surface area contributed by atoms with Crippen molar-refractivity contribution in [2.45, 2.75) is 60.6 Å². The summed E-state index contributed by atoms with van der Waals surface area (Å²) in [7, 11) is 1.66. The second-order valence-electron chi connectivity index (χ2n) is 14.4. The number of halogens is 1. The standard InChI is InChI=1S/C39H51FN4O6S/c1-41-39(31-10-6-11-32(40)26-31,36-12-5-9-29(36)25-38(46)49-4)30-18-22-43(23-19-30)21-8-24-50-33-14-16-34(17-15-33)51(47,48)35-27-44(28-35)37(45)13-7-20-42(2)3/h6-7,10-11,13-17,26,29-30,35-36H,5,8-9,12,18-25,27-28H2,2-4H3/b13-7+/t29-,36+,39-/m1/s1. The predicted octanol–water partition coefficient (Wildman–Crippen LogP) is 5.20.